The van der Waals surface area contributed by atoms with E-state index in [-0.39, 0.29) is 18.9 Å². The van der Waals surface area contributed by atoms with Gasteiger partial charge in [-0.3, -0.25) is 4.79 Å². The molecular weight excluding hydrogens is 326 g/mol. The minimum absolute atomic E-state index is 0.0784. The minimum Gasteiger partial charge on any atom is -0.479 e. The summed E-state index contributed by atoms with van der Waals surface area (Å²) >= 11 is 3.36. The van der Waals surface area contributed by atoms with Crippen LogP contribution >= 0.6 is 15.9 Å². The molecule has 1 atom stereocenters. The number of halogens is 1. The molecule has 1 unspecified atom stereocenters. The van der Waals surface area contributed by atoms with Crippen LogP contribution < -0.4 is 5.32 Å². The molecule has 0 radical (unpaired) electrons. The van der Waals surface area contributed by atoms with Crippen molar-refractivity contribution >= 4 is 27.8 Å². The lowest BCUT2D eigenvalue weighted by Crippen LogP contribution is -2.55. The second-order valence-corrected chi connectivity index (χ2v) is 5.66. The first-order chi connectivity index (χ1) is 9.37. The summed E-state index contributed by atoms with van der Waals surface area (Å²) in [5.41, 5.74) is -0.387. The van der Waals surface area contributed by atoms with Crippen LogP contribution in [0.3, 0.4) is 0 Å². The zero-order chi connectivity index (χ0) is 15.2. The summed E-state index contributed by atoms with van der Waals surface area (Å²) in [5.74, 6) is -1.43. The number of carbonyl (C=O) groups excluding carboxylic acids is 1. The number of hydrogen-bond donors (Lipinski definition) is 2. The molecule has 0 spiro atoms. The number of rotatable bonds is 7. The Bertz CT molecular complexity index is 492. The van der Waals surface area contributed by atoms with Crippen molar-refractivity contribution in [2.24, 2.45) is 0 Å². The van der Waals surface area contributed by atoms with Crippen molar-refractivity contribution in [2.75, 3.05) is 13.7 Å². The van der Waals surface area contributed by atoms with E-state index in [9.17, 15) is 9.59 Å². The Morgan fingerprint density at radius 3 is 2.70 bits per heavy atom. The van der Waals surface area contributed by atoms with E-state index in [1.54, 1.807) is 0 Å². The molecule has 0 bridgehead atoms. The van der Waals surface area contributed by atoms with E-state index in [0.29, 0.717) is 6.42 Å². The molecule has 1 aromatic carbocycles. The van der Waals surface area contributed by atoms with Gasteiger partial charge in [-0.15, -0.1) is 0 Å². The molecule has 2 N–H and O–H groups in total. The number of ether oxygens (including phenoxy) is 1. The van der Waals surface area contributed by atoms with Crippen molar-refractivity contribution in [2.45, 2.75) is 25.3 Å². The SMILES string of the molecule is COCC(C)(NC(=O)CCc1cccc(Br)c1)C(=O)O. The third kappa shape index (κ3) is 4.94. The lowest BCUT2D eigenvalue weighted by atomic mass is 10.0. The predicted octanol–water partition coefficient (Wildman–Crippen LogP) is 1.99. The Morgan fingerprint density at radius 1 is 1.45 bits per heavy atom. The number of carboxylic acid groups (broad SMARTS) is 1. The second-order valence-electron chi connectivity index (χ2n) is 4.75. The quantitative estimate of drug-likeness (QED) is 0.793. The molecule has 0 saturated carbocycles. The van der Waals surface area contributed by atoms with E-state index >= 15 is 0 Å². The number of hydrogen-bond acceptors (Lipinski definition) is 3. The Morgan fingerprint density at radius 2 is 2.15 bits per heavy atom. The number of amides is 1. The molecule has 1 aromatic rings. The van der Waals surface area contributed by atoms with Gasteiger partial charge in [0.2, 0.25) is 5.91 Å². The van der Waals surface area contributed by atoms with Crippen LogP contribution in [0.2, 0.25) is 0 Å². The van der Waals surface area contributed by atoms with E-state index in [2.05, 4.69) is 21.2 Å². The van der Waals surface area contributed by atoms with Gasteiger partial charge < -0.3 is 15.2 Å². The number of carbonyl (C=O) groups is 2. The first kappa shape index (κ1) is 16.7. The highest BCUT2D eigenvalue weighted by atomic mass is 79.9. The highest BCUT2D eigenvalue weighted by Crippen LogP contribution is 2.13. The molecule has 1 rings (SSSR count). The Hall–Kier alpha value is -1.40. The highest BCUT2D eigenvalue weighted by Gasteiger charge is 2.34. The van der Waals surface area contributed by atoms with Crippen LogP contribution in [-0.4, -0.2) is 36.2 Å². The summed E-state index contributed by atoms with van der Waals surface area (Å²) < 4.78 is 5.80. The third-order valence-electron chi connectivity index (χ3n) is 2.85. The fraction of sp³-hybridized carbons (Fsp3) is 0.429. The standard InChI is InChI=1S/C14H18BrNO4/c1-14(9-20-2,13(18)19)16-12(17)7-6-10-4-3-5-11(15)8-10/h3-5,8H,6-7,9H2,1-2H3,(H,16,17)(H,18,19). The summed E-state index contributed by atoms with van der Waals surface area (Å²) in [5, 5.41) is 11.6. The van der Waals surface area contributed by atoms with Gasteiger partial charge in [0.15, 0.2) is 5.54 Å². The lowest BCUT2D eigenvalue weighted by molar-refractivity contribution is -0.149. The molecule has 0 fully saturated rings. The smallest absolute Gasteiger partial charge is 0.331 e. The normalized spacial score (nSPS) is 13.6. The molecule has 0 heterocycles. The van der Waals surface area contributed by atoms with Gasteiger partial charge in [-0.2, -0.15) is 0 Å². The Balaban J connectivity index is 2.56. The van der Waals surface area contributed by atoms with Gasteiger partial charge in [0.05, 0.1) is 6.61 Å². The maximum atomic E-state index is 11.9. The van der Waals surface area contributed by atoms with Gasteiger partial charge >= 0.3 is 5.97 Å². The Labute approximate surface area is 126 Å². The van der Waals surface area contributed by atoms with Crippen molar-refractivity contribution in [3.63, 3.8) is 0 Å². The number of carboxylic acids is 1. The van der Waals surface area contributed by atoms with Crippen molar-refractivity contribution in [1.82, 2.24) is 5.32 Å². The van der Waals surface area contributed by atoms with Crippen LogP contribution in [0.5, 0.6) is 0 Å². The van der Waals surface area contributed by atoms with Crippen molar-refractivity contribution in [3.05, 3.63) is 34.3 Å². The van der Waals surface area contributed by atoms with E-state index in [4.69, 9.17) is 9.84 Å². The first-order valence-corrected chi connectivity index (χ1v) is 6.94. The summed E-state index contributed by atoms with van der Waals surface area (Å²) in [6.45, 7) is 1.35. The lowest BCUT2D eigenvalue weighted by Gasteiger charge is -2.25. The number of methoxy groups -OCH3 is 1. The van der Waals surface area contributed by atoms with Crippen LogP contribution in [0.25, 0.3) is 0 Å². The minimum atomic E-state index is -1.40. The molecule has 6 heteroatoms. The average molecular weight is 344 g/mol. The summed E-state index contributed by atoms with van der Waals surface area (Å²) in [7, 11) is 1.40. The summed E-state index contributed by atoms with van der Waals surface area (Å²) in [4.78, 5) is 23.0. The Kier molecular flexibility index (Phi) is 6.16. The third-order valence-corrected chi connectivity index (χ3v) is 3.34. The zero-order valence-electron chi connectivity index (χ0n) is 11.5. The maximum absolute atomic E-state index is 11.9. The fourth-order valence-electron chi connectivity index (χ4n) is 1.76. The van der Waals surface area contributed by atoms with Crippen LogP contribution in [-0.2, 0) is 20.7 Å². The van der Waals surface area contributed by atoms with E-state index < -0.39 is 11.5 Å². The highest BCUT2D eigenvalue weighted by molar-refractivity contribution is 9.10. The van der Waals surface area contributed by atoms with Crippen molar-refractivity contribution < 1.29 is 19.4 Å². The molecule has 0 aromatic heterocycles. The molecule has 0 aliphatic heterocycles. The zero-order valence-corrected chi connectivity index (χ0v) is 13.1. The van der Waals surface area contributed by atoms with Gasteiger partial charge in [0, 0.05) is 18.0 Å². The van der Waals surface area contributed by atoms with Gasteiger partial charge in [-0.1, -0.05) is 28.1 Å². The molecule has 110 valence electrons. The van der Waals surface area contributed by atoms with Crippen molar-refractivity contribution in [1.29, 1.82) is 0 Å². The van der Waals surface area contributed by atoms with Crippen LogP contribution in [0.1, 0.15) is 18.9 Å². The van der Waals surface area contributed by atoms with Crippen LogP contribution in [0, 0.1) is 0 Å². The number of benzene rings is 1. The second kappa shape index (κ2) is 7.40. The van der Waals surface area contributed by atoms with E-state index in [0.717, 1.165) is 10.0 Å². The molecule has 20 heavy (non-hydrogen) atoms. The van der Waals surface area contributed by atoms with Gasteiger partial charge in [0.1, 0.15) is 0 Å². The van der Waals surface area contributed by atoms with Gasteiger partial charge in [-0.25, -0.2) is 4.79 Å². The molecular formula is C14H18BrNO4. The maximum Gasteiger partial charge on any atom is 0.331 e. The van der Waals surface area contributed by atoms with E-state index in [1.165, 1.54) is 14.0 Å². The van der Waals surface area contributed by atoms with Crippen LogP contribution in [0.4, 0.5) is 0 Å². The summed E-state index contributed by atoms with van der Waals surface area (Å²) in [6, 6.07) is 7.65. The first-order valence-electron chi connectivity index (χ1n) is 6.15. The van der Waals surface area contributed by atoms with E-state index in [1.807, 2.05) is 24.3 Å². The topological polar surface area (TPSA) is 75.6 Å². The molecule has 0 aliphatic carbocycles. The van der Waals surface area contributed by atoms with Gasteiger partial charge in [-0.05, 0) is 31.0 Å². The molecule has 0 aliphatic rings. The number of aliphatic carboxylic acids is 1. The molecule has 5 nitrogen and oxygen atoms in total. The van der Waals surface area contributed by atoms with Crippen molar-refractivity contribution in [3.8, 4) is 0 Å². The largest absolute Gasteiger partial charge is 0.479 e. The molecule has 0 saturated heterocycles. The van der Waals surface area contributed by atoms with Gasteiger partial charge in [0.25, 0.3) is 0 Å². The summed E-state index contributed by atoms with van der Waals surface area (Å²) in [6.07, 6.45) is 0.775. The monoisotopic (exact) mass is 343 g/mol. The number of aryl methyl sites for hydroxylation is 1. The van der Waals surface area contributed by atoms with Crippen LogP contribution in [0.15, 0.2) is 28.7 Å². The number of nitrogens with one attached hydrogen (secondary N) is 1. The fourth-order valence-corrected chi connectivity index (χ4v) is 2.21. The molecule has 1 amide bonds. The predicted molar refractivity (Wildman–Crippen MR) is 78.5 cm³/mol. The average Bonchev–Trinajstić information content (AvgIpc) is 2.36.